The standard InChI is InChI=1S/C39H26N2OS/c1-2-9-25(10-3-1)26-17-20-28(21-18-26)41(33-14-8-16-35-36(33)32-13-6-7-15-34(32)42-35)39-38-31(23-24-40-39)30-22-19-27-11-4-5-12-29(27)37(30)43-38/h1-24,31,38H. The highest BCUT2D eigenvalue weighted by atomic mass is 32.2. The zero-order valence-electron chi connectivity index (χ0n) is 23.2. The number of fused-ring (bicyclic) bond motifs is 8. The lowest BCUT2D eigenvalue weighted by Gasteiger charge is -2.33. The van der Waals surface area contributed by atoms with Gasteiger partial charge in [0, 0.05) is 28.1 Å². The van der Waals surface area contributed by atoms with Crippen molar-refractivity contribution in [3.8, 4) is 11.1 Å². The fourth-order valence-electron chi connectivity index (χ4n) is 6.68. The normalized spacial score (nSPS) is 17.3. The molecule has 2 unspecified atom stereocenters. The van der Waals surface area contributed by atoms with Gasteiger partial charge in [-0.1, -0.05) is 109 Å². The molecule has 7 aromatic rings. The van der Waals surface area contributed by atoms with Gasteiger partial charge in [-0.3, -0.25) is 4.90 Å². The Bertz CT molecular complexity index is 2230. The molecule has 1 aromatic heterocycles. The molecular weight excluding hydrogens is 545 g/mol. The Morgan fingerprint density at radius 2 is 1.37 bits per heavy atom. The van der Waals surface area contributed by atoms with Crippen molar-refractivity contribution in [2.45, 2.75) is 16.1 Å². The molecule has 0 saturated carbocycles. The van der Waals surface area contributed by atoms with Crippen molar-refractivity contribution < 1.29 is 4.42 Å². The third-order valence-electron chi connectivity index (χ3n) is 8.68. The van der Waals surface area contributed by atoms with Gasteiger partial charge < -0.3 is 4.42 Å². The SMILES string of the molecule is C1=CC2c3ccc4ccccc4c3SC2C(N(c2ccc(-c3ccccc3)cc2)c2cccc3oc4ccccc4c23)=N1. The summed E-state index contributed by atoms with van der Waals surface area (Å²) >= 11 is 1.94. The number of aliphatic imine (C=N–C) groups is 1. The van der Waals surface area contributed by atoms with Crippen molar-refractivity contribution in [1.82, 2.24) is 0 Å². The molecule has 0 N–H and O–H groups in total. The van der Waals surface area contributed by atoms with Crippen LogP contribution in [-0.2, 0) is 0 Å². The maximum absolute atomic E-state index is 6.34. The molecule has 0 fully saturated rings. The van der Waals surface area contributed by atoms with Crippen LogP contribution in [0.1, 0.15) is 11.5 Å². The van der Waals surface area contributed by atoms with Crippen molar-refractivity contribution >= 4 is 61.7 Å². The van der Waals surface area contributed by atoms with E-state index in [1.807, 2.05) is 30.1 Å². The molecule has 2 aliphatic heterocycles. The third kappa shape index (κ3) is 3.87. The number of rotatable bonds is 3. The fraction of sp³-hybridized carbons (Fsp3) is 0.0513. The van der Waals surface area contributed by atoms with Crippen LogP contribution in [0.5, 0.6) is 0 Å². The molecule has 3 heterocycles. The highest BCUT2D eigenvalue weighted by Gasteiger charge is 2.40. The largest absolute Gasteiger partial charge is 0.456 e. The number of amidine groups is 1. The summed E-state index contributed by atoms with van der Waals surface area (Å²) in [5.74, 6) is 1.27. The number of hydrogen-bond acceptors (Lipinski definition) is 4. The minimum atomic E-state index is 0.132. The first-order chi connectivity index (χ1) is 21.3. The van der Waals surface area contributed by atoms with Crippen molar-refractivity contribution in [2.75, 3.05) is 4.90 Å². The number of anilines is 2. The lowest BCUT2D eigenvalue weighted by atomic mass is 9.91. The van der Waals surface area contributed by atoms with E-state index in [2.05, 4.69) is 132 Å². The first-order valence-electron chi connectivity index (χ1n) is 14.6. The van der Waals surface area contributed by atoms with Gasteiger partial charge >= 0.3 is 0 Å². The molecule has 43 heavy (non-hydrogen) atoms. The van der Waals surface area contributed by atoms with Crippen molar-refractivity contribution in [3.05, 3.63) is 151 Å². The Kier molecular flexibility index (Phi) is 5.56. The summed E-state index contributed by atoms with van der Waals surface area (Å²) in [5, 5.41) is 4.93. The molecule has 0 aliphatic carbocycles. The maximum Gasteiger partial charge on any atom is 0.137 e. The van der Waals surface area contributed by atoms with Crippen LogP contribution >= 0.6 is 11.8 Å². The predicted molar refractivity (Wildman–Crippen MR) is 181 cm³/mol. The first kappa shape index (κ1) is 24.5. The highest BCUT2D eigenvalue weighted by molar-refractivity contribution is 8.01. The van der Waals surface area contributed by atoms with Crippen molar-refractivity contribution in [2.24, 2.45) is 4.99 Å². The summed E-state index contributed by atoms with van der Waals surface area (Å²) in [6.45, 7) is 0. The van der Waals surface area contributed by atoms with Crippen LogP contribution in [0.3, 0.4) is 0 Å². The second kappa shape index (κ2) is 9.75. The maximum atomic E-state index is 6.34. The van der Waals surface area contributed by atoms with Crippen LogP contribution in [0.25, 0.3) is 43.8 Å². The van der Waals surface area contributed by atoms with Crippen LogP contribution in [0, 0.1) is 0 Å². The van der Waals surface area contributed by atoms with E-state index in [1.54, 1.807) is 0 Å². The molecule has 0 radical (unpaired) electrons. The van der Waals surface area contributed by atoms with Gasteiger partial charge in [0.15, 0.2) is 0 Å². The molecule has 0 saturated heterocycles. The van der Waals surface area contributed by atoms with Crippen LogP contribution in [-0.4, -0.2) is 11.1 Å². The fourth-order valence-corrected chi connectivity index (χ4v) is 8.24. The molecule has 204 valence electrons. The second-order valence-corrected chi connectivity index (χ2v) is 12.2. The summed E-state index contributed by atoms with van der Waals surface area (Å²) in [5.41, 5.74) is 7.69. The molecule has 0 amide bonds. The molecule has 6 aromatic carbocycles. The summed E-state index contributed by atoms with van der Waals surface area (Å²) in [6, 6.07) is 47.4. The van der Waals surface area contributed by atoms with E-state index in [0.29, 0.717) is 0 Å². The topological polar surface area (TPSA) is 28.7 Å². The van der Waals surface area contributed by atoms with Crippen LogP contribution < -0.4 is 4.90 Å². The number of benzene rings is 6. The average molecular weight is 571 g/mol. The van der Waals surface area contributed by atoms with Crippen molar-refractivity contribution in [1.29, 1.82) is 0 Å². The molecule has 0 spiro atoms. The van der Waals surface area contributed by atoms with Gasteiger partial charge in [-0.15, -0.1) is 11.8 Å². The lowest BCUT2D eigenvalue weighted by Crippen LogP contribution is -2.37. The predicted octanol–water partition coefficient (Wildman–Crippen LogP) is 10.7. The molecule has 2 aliphatic rings. The minimum absolute atomic E-state index is 0.132. The summed E-state index contributed by atoms with van der Waals surface area (Å²) in [6.07, 6.45) is 4.27. The number of furan rings is 1. The van der Waals surface area contributed by atoms with E-state index in [4.69, 9.17) is 9.41 Å². The molecular formula is C39H26N2OS. The van der Waals surface area contributed by atoms with E-state index in [0.717, 1.165) is 39.1 Å². The summed E-state index contributed by atoms with van der Waals surface area (Å²) < 4.78 is 6.34. The van der Waals surface area contributed by atoms with E-state index in [9.17, 15) is 0 Å². The molecule has 9 rings (SSSR count). The molecule has 2 atom stereocenters. The van der Waals surface area contributed by atoms with Gasteiger partial charge in [0.2, 0.25) is 0 Å². The zero-order chi connectivity index (χ0) is 28.3. The smallest absolute Gasteiger partial charge is 0.137 e. The molecule has 4 heteroatoms. The Labute approximate surface area is 253 Å². The van der Waals surface area contributed by atoms with E-state index in [-0.39, 0.29) is 11.2 Å². The van der Waals surface area contributed by atoms with Gasteiger partial charge in [0.1, 0.15) is 17.0 Å². The number of hydrogen-bond donors (Lipinski definition) is 0. The van der Waals surface area contributed by atoms with Gasteiger partial charge in [-0.05, 0) is 57.8 Å². The van der Waals surface area contributed by atoms with Crippen LogP contribution in [0.4, 0.5) is 11.4 Å². The Hall–Kier alpha value is -5.06. The number of nitrogens with zero attached hydrogens (tertiary/aromatic N) is 2. The molecule has 3 nitrogen and oxygen atoms in total. The van der Waals surface area contributed by atoms with Crippen LogP contribution in [0.2, 0.25) is 0 Å². The lowest BCUT2D eigenvalue weighted by molar-refractivity contribution is 0.669. The Morgan fingerprint density at radius 3 is 2.26 bits per heavy atom. The van der Waals surface area contributed by atoms with Gasteiger partial charge in [-0.2, -0.15) is 0 Å². The highest BCUT2D eigenvalue weighted by Crippen LogP contribution is 2.52. The quantitative estimate of drug-likeness (QED) is 0.212. The van der Waals surface area contributed by atoms with Crippen molar-refractivity contribution in [3.63, 3.8) is 0 Å². The summed E-state index contributed by atoms with van der Waals surface area (Å²) in [7, 11) is 0. The summed E-state index contributed by atoms with van der Waals surface area (Å²) in [4.78, 5) is 8.87. The monoisotopic (exact) mass is 570 g/mol. The van der Waals surface area contributed by atoms with E-state index >= 15 is 0 Å². The van der Waals surface area contributed by atoms with Crippen LogP contribution in [0.15, 0.2) is 160 Å². The first-order valence-corrected chi connectivity index (χ1v) is 15.5. The minimum Gasteiger partial charge on any atom is -0.456 e. The Morgan fingerprint density at radius 1 is 0.628 bits per heavy atom. The van der Waals surface area contributed by atoms with E-state index in [1.165, 1.54) is 32.4 Å². The Balaban J connectivity index is 1.24. The third-order valence-corrected chi connectivity index (χ3v) is 10.1. The average Bonchev–Trinajstić information content (AvgIpc) is 3.65. The zero-order valence-corrected chi connectivity index (χ0v) is 24.0. The number of thioether (sulfide) groups is 1. The van der Waals surface area contributed by atoms with Gasteiger partial charge in [-0.25, -0.2) is 4.99 Å². The second-order valence-electron chi connectivity index (χ2n) is 11.1. The number of para-hydroxylation sites is 1. The van der Waals surface area contributed by atoms with Gasteiger partial charge in [0.05, 0.1) is 16.3 Å². The van der Waals surface area contributed by atoms with E-state index < -0.39 is 0 Å². The molecule has 0 bridgehead atoms. The number of allylic oxidation sites excluding steroid dienone is 1. The van der Waals surface area contributed by atoms with Gasteiger partial charge in [0.25, 0.3) is 0 Å².